The molecule has 1 unspecified atom stereocenters. The first-order valence-corrected chi connectivity index (χ1v) is 16.0. The number of hydrogen-bond donors (Lipinski definition) is 0. The van der Waals surface area contributed by atoms with Gasteiger partial charge >= 0.3 is 16.5 Å². The summed E-state index contributed by atoms with van der Waals surface area (Å²) in [6.07, 6.45) is 22.2. The predicted molar refractivity (Wildman–Crippen MR) is 109 cm³/mol. The molecule has 0 saturated heterocycles. The Kier molecular flexibility index (Phi) is 20.9. The van der Waals surface area contributed by atoms with E-state index >= 15 is 0 Å². The minimum Gasteiger partial charge on any atom is -0.301 e. The van der Waals surface area contributed by atoms with Crippen LogP contribution in [0.4, 0.5) is 0 Å². The molecule has 2 heteroatoms. The topological polar surface area (TPSA) is 0 Å². The van der Waals surface area contributed by atoms with E-state index < -0.39 is 0 Å². The maximum Gasteiger partial charge on any atom is 0.464 e. The lowest BCUT2D eigenvalue weighted by Gasteiger charge is -2.08. The fourth-order valence-corrected chi connectivity index (χ4v) is 6.87. The molecule has 0 nitrogen and oxygen atoms in total. The molecule has 0 aliphatic rings. The zero-order chi connectivity index (χ0) is 15.6. The average Bonchev–Trinajstić information content (AvgIpc) is 2.48. The van der Waals surface area contributed by atoms with Crippen molar-refractivity contribution in [3.05, 3.63) is 0 Å². The van der Waals surface area contributed by atoms with E-state index in [0.717, 1.165) is 5.92 Å². The summed E-state index contributed by atoms with van der Waals surface area (Å²) in [6, 6.07) is 0. The Labute approximate surface area is 155 Å². The van der Waals surface area contributed by atoms with Crippen molar-refractivity contribution < 1.29 is 0 Å². The minimum absolute atomic E-state index is 0.272. The van der Waals surface area contributed by atoms with E-state index in [1.54, 1.807) is 4.55 Å². The number of unbranched alkanes of at least 4 members (excludes halogenated alkanes) is 13. The molecule has 0 aromatic rings. The summed E-state index contributed by atoms with van der Waals surface area (Å²) in [5.74, 6) is 1.02. The van der Waals surface area contributed by atoms with Gasteiger partial charge in [-0.05, 0) is 0 Å². The minimum atomic E-state index is 0.272. The lowest BCUT2D eigenvalue weighted by molar-refractivity contribution is 0.502. The number of halogens is 1. The summed E-state index contributed by atoms with van der Waals surface area (Å²) in [7, 11) is 0. The third kappa shape index (κ3) is 19.4. The molecule has 0 N–H and O–H groups in total. The highest BCUT2D eigenvalue weighted by atomic mass is 127. The largest absolute Gasteiger partial charge is 0.464 e. The summed E-state index contributed by atoms with van der Waals surface area (Å²) < 4.78 is 1.55. The summed E-state index contributed by atoms with van der Waals surface area (Å²) in [5, 5.41) is 0. The molecule has 0 heterocycles. The van der Waals surface area contributed by atoms with Gasteiger partial charge in [-0.2, -0.15) is 0 Å². The molecule has 124 valence electrons. The zero-order valence-corrected chi connectivity index (χ0v) is 18.5. The van der Waals surface area contributed by atoms with Gasteiger partial charge in [-0.25, -0.2) is 0 Å². The average molecular weight is 419 g/mol. The Morgan fingerprint density at radius 1 is 0.667 bits per heavy atom. The summed E-state index contributed by atoms with van der Waals surface area (Å²) in [4.78, 5) is 0. The first-order chi connectivity index (χ1) is 10.3. The van der Waals surface area contributed by atoms with Crippen molar-refractivity contribution in [2.45, 2.75) is 115 Å². The SMILES string of the molecule is CCCCCCCCCCCCCCCCC(C)[CH2][Mg][I]. The summed E-state index contributed by atoms with van der Waals surface area (Å²) in [5.41, 5.74) is 0. The molecule has 0 aliphatic carbocycles. The maximum atomic E-state index is 2.64. The lowest BCUT2D eigenvalue weighted by atomic mass is 10.0. The Hall–Kier alpha value is 1.50. The van der Waals surface area contributed by atoms with E-state index in [-0.39, 0.29) is 16.5 Å². The Balaban J connectivity index is 2.99. The molecule has 0 rings (SSSR count). The second-order valence-corrected chi connectivity index (χ2v) is 11.2. The molecule has 0 fully saturated rings. The molecule has 0 amide bonds. The van der Waals surface area contributed by atoms with Crippen LogP contribution in [0.2, 0.25) is 4.55 Å². The highest BCUT2D eigenvalue weighted by Gasteiger charge is 2.02. The quantitative estimate of drug-likeness (QED) is 0.128. The van der Waals surface area contributed by atoms with Crippen LogP contribution in [0.5, 0.6) is 0 Å². The lowest BCUT2D eigenvalue weighted by Crippen LogP contribution is -1.95. The van der Waals surface area contributed by atoms with Gasteiger partial charge in [0.2, 0.25) is 0 Å². The molecule has 0 bridgehead atoms. The van der Waals surface area contributed by atoms with Gasteiger partial charge in [0.1, 0.15) is 0 Å². The van der Waals surface area contributed by atoms with Crippen LogP contribution < -0.4 is 0 Å². The van der Waals surface area contributed by atoms with Crippen molar-refractivity contribution >= 4 is 35.3 Å². The van der Waals surface area contributed by atoms with E-state index in [4.69, 9.17) is 0 Å². The second-order valence-electron chi connectivity index (χ2n) is 6.97. The Bertz CT molecular complexity index is 184. The van der Waals surface area contributed by atoms with Gasteiger partial charge in [0.15, 0.2) is 0 Å². The van der Waals surface area contributed by atoms with Crippen molar-refractivity contribution in [1.82, 2.24) is 0 Å². The third-order valence-electron chi connectivity index (χ3n) is 4.65. The fourth-order valence-electron chi connectivity index (χ4n) is 3.02. The van der Waals surface area contributed by atoms with Crippen LogP contribution in [0.1, 0.15) is 110 Å². The van der Waals surface area contributed by atoms with E-state index in [1.807, 2.05) is 0 Å². The monoisotopic (exact) mass is 418 g/mol. The van der Waals surface area contributed by atoms with Gasteiger partial charge in [0.05, 0.1) is 0 Å². The van der Waals surface area contributed by atoms with Gasteiger partial charge in [-0.3, -0.25) is 0 Å². The van der Waals surface area contributed by atoms with Gasteiger partial charge in [0.25, 0.3) is 0 Å². The van der Waals surface area contributed by atoms with E-state index in [1.165, 1.54) is 96.3 Å². The maximum absolute atomic E-state index is 2.64. The fraction of sp³-hybridized carbons (Fsp3) is 1.00. The molecule has 21 heavy (non-hydrogen) atoms. The van der Waals surface area contributed by atoms with Gasteiger partial charge in [-0.1, -0.05) is 116 Å². The Morgan fingerprint density at radius 3 is 1.43 bits per heavy atom. The van der Waals surface area contributed by atoms with Crippen molar-refractivity contribution in [3.63, 3.8) is 0 Å². The Morgan fingerprint density at radius 2 is 1.05 bits per heavy atom. The molecule has 0 spiro atoms. The van der Waals surface area contributed by atoms with Crippen LogP contribution in [-0.2, 0) is 0 Å². The molecular weight excluding hydrogens is 379 g/mol. The molecule has 0 aliphatic heterocycles. The smallest absolute Gasteiger partial charge is 0.301 e. The van der Waals surface area contributed by atoms with Crippen LogP contribution in [0.3, 0.4) is 0 Å². The predicted octanol–water partition coefficient (Wildman–Crippen LogP) is 7.97. The molecule has 0 aromatic heterocycles. The summed E-state index contributed by atoms with van der Waals surface area (Å²) in [6.45, 7) is 4.75. The van der Waals surface area contributed by atoms with Gasteiger partial charge in [-0.15, -0.1) is 4.55 Å². The highest BCUT2D eigenvalue weighted by molar-refractivity contribution is 14.1. The van der Waals surface area contributed by atoms with Crippen molar-refractivity contribution in [2.75, 3.05) is 0 Å². The zero-order valence-electron chi connectivity index (χ0n) is 15.0. The molecular formula is C19H39IMg. The molecule has 0 aromatic carbocycles. The number of hydrogen-bond acceptors (Lipinski definition) is 0. The van der Waals surface area contributed by atoms with Crippen LogP contribution in [0.15, 0.2) is 0 Å². The molecule has 1 atom stereocenters. The second kappa shape index (κ2) is 19.5. The standard InChI is InChI=1S/C19H39.HI.Mg/c1-4-5-6-7-8-9-10-11-12-13-14-15-16-17-18-19(2)3;;/h19H,2,4-18H2,1,3H3;1H;/q;;+1/p-1. The van der Waals surface area contributed by atoms with Crippen LogP contribution >= 0.6 is 18.9 Å². The first-order valence-electron chi connectivity index (χ1n) is 9.87. The highest BCUT2D eigenvalue weighted by Crippen LogP contribution is 2.16. The molecule has 0 saturated carbocycles. The van der Waals surface area contributed by atoms with Crippen molar-refractivity contribution in [2.24, 2.45) is 5.92 Å². The van der Waals surface area contributed by atoms with Gasteiger partial charge < -0.3 is 18.9 Å². The summed E-state index contributed by atoms with van der Waals surface area (Å²) >= 11 is 2.91. The first kappa shape index (κ1) is 22.5. The van der Waals surface area contributed by atoms with Crippen molar-refractivity contribution in [1.29, 1.82) is 0 Å². The van der Waals surface area contributed by atoms with E-state index in [0.29, 0.717) is 0 Å². The number of rotatable bonds is 17. The van der Waals surface area contributed by atoms with E-state index in [2.05, 4.69) is 32.7 Å². The normalized spacial score (nSPS) is 12.3. The van der Waals surface area contributed by atoms with E-state index in [9.17, 15) is 0 Å². The third-order valence-corrected chi connectivity index (χ3v) is 7.72. The molecule has 0 radical (unpaired) electrons. The van der Waals surface area contributed by atoms with Crippen LogP contribution in [-0.4, -0.2) is 16.5 Å². The van der Waals surface area contributed by atoms with Crippen molar-refractivity contribution in [3.8, 4) is 0 Å². The van der Waals surface area contributed by atoms with Crippen LogP contribution in [0.25, 0.3) is 0 Å². The van der Waals surface area contributed by atoms with Crippen LogP contribution in [0, 0.1) is 5.92 Å². The van der Waals surface area contributed by atoms with Gasteiger partial charge in [0, 0.05) is 0 Å².